The van der Waals surface area contributed by atoms with E-state index in [0.29, 0.717) is 6.04 Å². The SMILES string of the molecule is COC(=O)[C@@H](NC1Cc2ccccc2C1)C(C)C. The Morgan fingerprint density at radius 3 is 2.28 bits per heavy atom. The maximum absolute atomic E-state index is 11.7. The summed E-state index contributed by atoms with van der Waals surface area (Å²) in [4.78, 5) is 11.7. The fourth-order valence-electron chi connectivity index (χ4n) is 2.59. The largest absolute Gasteiger partial charge is 0.468 e. The molecular formula is C15H21NO2. The van der Waals surface area contributed by atoms with E-state index in [1.807, 2.05) is 13.8 Å². The van der Waals surface area contributed by atoms with Gasteiger partial charge in [-0.25, -0.2) is 0 Å². The molecule has 1 aliphatic carbocycles. The van der Waals surface area contributed by atoms with Gasteiger partial charge in [-0.1, -0.05) is 38.1 Å². The van der Waals surface area contributed by atoms with Crippen LogP contribution in [0.15, 0.2) is 24.3 Å². The van der Waals surface area contributed by atoms with Crippen molar-refractivity contribution >= 4 is 5.97 Å². The molecule has 0 aliphatic heterocycles. The summed E-state index contributed by atoms with van der Waals surface area (Å²) in [7, 11) is 1.45. The number of esters is 1. The fraction of sp³-hybridized carbons (Fsp3) is 0.533. The first-order valence-electron chi connectivity index (χ1n) is 6.52. The molecule has 3 nitrogen and oxygen atoms in total. The summed E-state index contributed by atoms with van der Waals surface area (Å²) in [6.07, 6.45) is 1.99. The predicted octanol–water partition coefficient (Wildman–Crippen LogP) is 1.94. The van der Waals surface area contributed by atoms with Crippen LogP contribution in [0.5, 0.6) is 0 Å². The van der Waals surface area contributed by atoms with Gasteiger partial charge in [0.1, 0.15) is 6.04 Å². The Hall–Kier alpha value is -1.35. The Bertz CT molecular complexity index is 403. The van der Waals surface area contributed by atoms with Gasteiger partial charge in [-0.05, 0) is 29.9 Å². The van der Waals surface area contributed by atoms with Gasteiger partial charge in [-0.3, -0.25) is 4.79 Å². The van der Waals surface area contributed by atoms with Crippen LogP contribution in [0.1, 0.15) is 25.0 Å². The van der Waals surface area contributed by atoms with Gasteiger partial charge in [-0.15, -0.1) is 0 Å². The number of hydrogen-bond donors (Lipinski definition) is 1. The third kappa shape index (κ3) is 2.72. The van der Waals surface area contributed by atoms with Crippen LogP contribution in [0.25, 0.3) is 0 Å². The summed E-state index contributed by atoms with van der Waals surface area (Å²) in [5.41, 5.74) is 2.78. The third-order valence-electron chi connectivity index (χ3n) is 3.59. The number of methoxy groups -OCH3 is 1. The normalized spacial score (nSPS) is 16.7. The molecule has 18 heavy (non-hydrogen) atoms. The lowest BCUT2D eigenvalue weighted by Crippen LogP contribution is -2.47. The van der Waals surface area contributed by atoms with Gasteiger partial charge in [0.25, 0.3) is 0 Å². The zero-order chi connectivity index (χ0) is 13.1. The molecule has 1 aromatic carbocycles. The highest BCUT2D eigenvalue weighted by molar-refractivity contribution is 5.76. The average Bonchev–Trinajstić information content (AvgIpc) is 2.77. The Balaban J connectivity index is 2.01. The number of benzene rings is 1. The fourth-order valence-corrected chi connectivity index (χ4v) is 2.59. The number of fused-ring (bicyclic) bond motifs is 1. The second-order valence-corrected chi connectivity index (χ2v) is 5.29. The second kappa shape index (κ2) is 5.53. The van der Waals surface area contributed by atoms with E-state index < -0.39 is 0 Å². The highest BCUT2D eigenvalue weighted by Gasteiger charge is 2.29. The maximum atomic E-state index is 11.7. The van der Waals surface area contributed by atoms with Gasteiger partial charge < -0.3 is 10.1 Å². The minimum absolute atomic E-state index is 0.166. The average molecular weight is 247 g/mol. The molecule has 0 fully saturated rings. The van der Waals surface area contributed by atoms with Crippen molar-refractivity contribution in [2.45, 2.75) is 38.8 Å². The number of carbonyl (C=O) groups is 1. The van der Waals surface area contributed by atoms with Crippen molar-refractivity contribution in [1.82, 2.24) is 5.32 Å². The summed E-state index contributed by atoms with van der Waals surface area (Å²) in [5.74, 6) is 0.0714. The molecule has 0 amide bonds. The lowest BCUT2D eigenvalue weighted by atomic mass is 10.0. The molecule has 0 bridgehead atoms. The number of rotatable bonds is 4. The van der Waals surface area contributed by atoms with Crippen molar-refractivity contribution in [3.63, 3.8) is 0 Å². The molecule has 3 heteroatoms. The second-order valence-electron chi connectivity index (χ2n) is 5.29. The van der Waals surface area contributed by atoms with E-state index in [4.69, 9.17) is 4.74 Å². The van der Waals surface area contributed by atoms with Crippen molar-refractivity contribution in [3.8, 4) is 0 Å². The summed E-state index contributed by atoms with van der Waals surface area (Å²) in [5, 5.41) is 3.44. The first-order valence-corrected chi connectivity index (χ1v) is 6.52. The Morgan fingerprint density at radius 1 is 1.28 bits per heavy atom. The Morgan fingerprint density at radius 2 is 1.83 bits per heavy atom. The van der Waals surface area contributed by atoms with E-state index in [9.17, 15) is 4.79 Å². The standard InChI is InChI=1S/C15H21NO2/c1-10(2)14(15(17)18-3)16-13-8-11-6-4-5-7-12(11)9-13/h4-7,10,13-14,16H,8-9H2,1-3H3/t14-/m0/s1. The highest BCUT2D eigenvalue weighted by Crippen LogP contribution is 2.22. The molecular weight excluding hydrogens is 226 g/mol. The lowest BCUT2D eigenvalue weighted by Gasteiger charge is -2.23. The van der Waals surface area contributed by atoms with Gasteiger partial charge in [0.05, 0.1) is 7.11 Å². The monoisotopic (exact) mass is 247 g/mol. The molecule has 0 heterocycles. The molecule has 1 atom stereocenters. The first-order chi connectivity index (χ1) is 8.61. The van der Waals surface area contributed by atoms with Crippen molar-refractivity contribution in [2.24, 2.45) is 5.92 Å². The van der Waals surface area contributed by atoms with Crippen LogP contribution in [-0.2, 0) is 22.4 Å². The zero-order valence-electron chi connectivity index (χ0n) is 11.3. The first kappa shape index (κ1) is 13.1. The number of ether oxygens (including phenoxy) is 1. The number of carbonyl (C=O) groups excluding carboxylic acids is 1. The molecule has 0 radical (unpaired) electrons. The smallest absolute Gasteiger partial charge is 0.323 e. The summed E-state index contributed by atoms with van der Waals surface area (Å²) in [6.45, 7) is 4.08. The molecule has 0 saturated carbocycles. The van der Waals surface area contributed by atoms with Gasteiger partial charge in [0, 0.05) is 6.04 Å². The molecule has 1 aromatic rings. The lowest BCUT2D eigenvalue weighted by molar-refractivity contribution is -0.144. The minimum Gasteiger partial charge on any atom is -0.468 e. The van der Waals surface area contributed by atoms with Crippen LogP contribution in [0.4, 0.5) is 0 Å². The summed E-state index contributed by atoms with van der Waals surface area (Å²) in [6, 6.07) is 8.60. The van der Waals surface area contributed by atoms with Crippen molar-refractivity contribution in [3.05, 3.63) is 35.4 Å². The van der Waals surface area contributed by atoms with E-state index >= 15 is 0 Å². The number of nitrogens with one attached hydrogen (secondary N) is 1. The third-order valence-corrected chi connectivity index (χ3v) is 3.59. The van der Waals surface area contributed by atoms with E-state index in [1.54, 1.807) is 0 Å². The van der Waals surface area contributed by atoms with Gasteiger partial charge >= 0.3 is 5.97 Å². The molecule has 0 saturated heterocycles. The summed E-state index contributed by atoms with van der Waals surface area (Å²) < 4.78 is 4.86. The molecule has 0 unspecified atom stereocenters. The van der Waals surface area contributed by atoms with Crippen LogP contribution < -0.4 is 5.32 Å². The predicted molar refractivity (Wildman–Crippen MR) is 71.4 cm³/mol. The molecule has 0 aromatic heterocycles. The number of hydrogen-bond acceptors (Lipinski definition) is 3. The topological polar surface area (TPSA) is 38.3 Å². The van der Waals surface area contributed by atoms with Gasteiger partial charge in [-0.2, -0.15) is 0 Å². The zero-order valence-corrected chi connectivity index (χ0v) is 11.3. The van der Waals surface area contributed by atoms with Crippen LogP contribution in [0, 0.1) is 5.92 Å². The van der Waals surface area contributed by atoms with Crippen molar-refractivity contribution < 1.29 is 9.53 Å². The van der Waals surface area contributed by atoms with Gasteiger partial charge in [0.15, 0.2) is 0 Å². The molecule has 1 N–H and O–H groups in total. The van der Waals surface area contributed by atoms with E-state index in [0.717, 1.165) is 12.8 Å². The summed E-state index contributed by atoms with van der Waals surface area (Å²) >= 11 is 0. The quantitative estimate of drug-likeness (QED) is 0.826. The van der Waals surface area contributed by atoms with Crippen LogP contribution in [-0.4, -0.2) is 25.2 Å². The van der Waals surface area contributed by atoms with Crippen molar-refractivity contribution in [2.75, 3.05) is 7.11 Å². The van der Waals surface area contributed by atoms with Gasteiger partial charge in [0.2, 0.25) is 0 Å². The maximum Gasteiger partial charge on any atom is 0.323 e. The van der Waals surface area contributed by atoms with Crippen molar-refractivity contribution in [1.29, 1.82) is 0 Å². The molecule has 98 valence electrons. The Labute approximate surface area is 109 Å². The van der Waals surface area contributed by atoms with Crippen LogP contribution in [0.3, 0.4) is 0 Å². The van der Waals surface area contributed by atoms with E-state index in [1.165, 1.54) is 18.2 Å². The molecule has 2 rings (SSSR count). The van der Waals surface area contributed by atoms with E-state index in [2.05, 4.69) is 29.6 Å². The molecule has 0 spiro atoms. The van der Waals surface area contributed by atoms with Crippen LogP contribution >= 0.6 is 0 Å². The van der Waals surface area contributed by atoms with Crippen LogP contribution in [0.2, 0.25) is 0 Å². The highest BCUT2D eigenvalue weighted by atomic mass is 16.5. The van der Waals surface area contributed by atoms with E-state index in [-0.39, 0.29) is 17.9 Å². The minimum atomic E-state index is -0.214. The Kier molecular flexibility index (Phi) is 4.02. The molecule has 1 aliphatic rings.